The molecule has 2 aliphatic heterocycles. The Hall–Kier alpha value is -3.53. The predicted molar refractivity (Wildman–Crippen MR) is 134 cm³/mol. The minimum absolute atomic E-state index is 0.0388. The molecule has 4 heterocycles. The molecule has 188 valence electrons. The molecule has 11 heteroatoms. The number of benzene rings is 1. The van der Waals surface area contributed by atoms with Crippen molar-refractivity contribution in [3.05, 3.63) is 53.2 Å². The zero-order valence-electron chi connectivity index (χ0n) is 19.9. The first-order chi connectivity index (χ1) is 17.3. The zero-order valence-corrected chi connectivity index (χ0v) is 20.6. The van der Waals surface area contributed by atoms with Crippen molar-refractivity contribution in [2.75, 3.05) is 40.9 Å². The Balaban J connectivity index is 1.43. The topological polar surface area (TPSA) is 74.7 Å². The predicted octanol–water partition coefficient (Wildman–Crippen LogP) is 4.32. The van der Waals surface area contributed by atoms with Crippen LogP contribution in [0, 0.1) is 11.6 Å². The van der Waals surface area contributed by atoms with Crippen molar-refractivity contribution in [1.82, 2.24) is 15.0 Å². The summed E-state index contributed by atoms with van der Waals surface area (Å²) in [4.78, 5) is 30.9. The Kier molecular flexibility index (Phi) is 6.61. The third kappa shape index (κ3) is 4.65. The number of carbonyl (C=O) groups excluding carboxylic acids is 1. The van der Waals surface area contributed by atoms with Gasteiger partial charge in [-0.3, -0.25) is 4.79 Å². The summed E-state index contributed by atoms with van der Waals surface area (Å²) in [5, 5.41) is 0.395. The maximum atomic E-state index is 14.0. The Labute approximate surface area is 212 Å². The molecule has 0 aliphatic carbocycles. The molecule has 2 fully saturated rings. The normalized spacial score (nSPS) is 19.8. The SMILES string of the molecule is C[C@@H]1CN(c2ncc(OC=O)cc2Cl)CCN1c1cc(-c2ccc(F)c(F)c2)nc(N2CC[C@H]2C)n1. The molecule has 0 saturated carbocycles. The Morgan fingerprint density at radius 2 is 1.86 bits per heavy atom. The highest BCUT2D eigenvalue weighted by Crippen LogP contribution is 2.33. The molecule has 0 radical (unpaired) electrons. The Morgan fingerprint density at radius 3 is 2.50 bits per heavy atom. The van der Waals surface area contributed by atoms with Crippen molar-refractivity contribution in [1.29, 1.82) is 0 Å². The van der Waals surface area contributed by atoms with Crippen LogP contribution >= 0.6 is 11.6 Å². The lowest BCUT2D eigenvalue weighted by Crippen LogP contribution is -2.53. The van der Waals surface area contributed by atoms with Crippen molar-refractivity contribution in [2.24, 2.45) is 0 Å². The molecule has 5 rings (SSSR count). The van der Waals surface area contributed by atoms with E-state index in [0.29, 0.717) is 60.2 Å². The van der Waals surface area contributed by atoms with Crippen molar-refractivity contribution in [3.63, 3.8) is 0 Å². The summed E-state index contributed by atoms with van der Waals surface area (Å²) >= 11 is 6.41. The zero-order chi connectivity index (χ0) is 25.4. The van der Waals surface area contributed by atoms with Crippen LogP contribution < -0.4 is 19.4 Å². The quantitative estimate of drug-likeness (QED) is 0.450. The summed E-state index contributed by atoms with van der Waals surface area (Å²) in [6, 6.07) is 7.54. The van der Waals surface area contributed by atoms with Gasteiger partial charge in [-0.1, -0.05) is 11.6 Å². The first kappa shape index (κ1) is 24.2. The number of hydrogen-bond donors (Lipinski definition) is 0. The fraction of sp³-hybridized carbons (Fsp3) is 0.360. The van der Waals surface area contributed by atoms with E-state index in [1.165, 1.54) is 12.3 Å². The largest absolute Gasteiger partial charge is 0.427 e. The van der Waals surface area contributed by atoms with Gasteiger partial charge in [0.2, 0.25) is 5.95 Å². The number of piperazine rings is 1. The molecule has 0 spiro atoms. The Morgan fingerprint density at radius 1 is 1.03 bits per heavy atom. The minimum Gasteiger partial charge on any atom is -0.427 e. The maximum Gasteiger partial charge on any atom is 0.298 e. The third-order valence-corrected chi connectivity index (χ3v) is 6.97. The van der Waals surface area contributed by atoms with Gasteiger partial charge in [-0.25, -0.2) is 18.7 Å². The molecule has 36 heavy (non-hydrogen) atoms. The monoisotopic (exact) mass is 514 g/mol. The first-order valence-electron chi connectivity index (χ1n) is 11.7. The summed E-state index contributed by atoms with van der Waals surface area (Å²) in [5.41, 5.74) is 1.03. The van der Waals surface area contributed by atoms with Gasteiger partial charge in [-0.2, -0.15) is 4.98 Å². The van der Waals surface area contributed by atoms with Crippen LogP contribution in [0.5, 0.6) is 5.75 Å². The molecular formula is C25H25ClF2N6O2. The number of hydrogen-bond acceptors (Lipinski definition) is 8. The lowest BCUT2D eigenvalue weighted by atomic mass is 10.1. The van der Waals surface area contributed by atoms with Crippen molar-refractivity contribution >= 4 is 35.7 Å². The van der Waals surface area contributed by atoms with Crippen LogP contribution in [-0.4, -0.2) is 59.7 Å². The van der Waals surface area contributed by atoms with Crippen molar-refractivity contribution < 1.29 is 18.3 Å². The van der Waals surface area contributed by atoms with E-state index >= 15 is 0 Å². The molecule has 2 aliphatic rings. The number of pyridine rings is 1. The Bertz CT molecular complexity index is 1300. The van der Waals surface area contributed by atoms with Gasteiger partial charge in [0.1, 0.15) is 11.6 Å². The number of aromatic nitrogens is 3. The summed E-state index contributed by atoms with van der Waals surface area (Å²) in [7, 11) is 0. The number of ether oxygens (including phenoxy) is 1. The minimum atomic E-state index is -0.914. The maximum absolute atomic E-state index is 14.0. The summed E-state index contributed by atoms with van der Waals surface area (Å²) in [6.07, 6.45) is 2.51. The lowest BCUT2D eigenvalue weighted by molar-refractivity contribution is -0.120. The molecule has 2 aromatic heterocycles. The van der Waals surface area contributed by atoms with Crippen LogP contribution in [0.4, 0.5) is 26.4 Å². The third-order valence-electron chi connectivity index (χ3n) is 6.70. The average Bonchev–Trinajstić information content (AvgIpc) is 2.85. The van der Waals surface area contributed by atoms with E-state index in [9.17, 15) is 13.6 Å². The van der Waals surface area contributed by atoms with Crippen LogP contribution in [-0.2, 0) is 4.79 Å². The molecule has 0 unspecified atom stereocenters. The number of nitrogens with zero attached hydrogens (tertiary/aromatic N) is 6. The van der Waals surface area contributed by atoms with E-state index in [4.69, 9.17) is 21.3 Å². The highest BCUT2D eigenvalue weighted by atomic mass is 35.5. The number of anilines is 3. The first-order valence-corrected chi connectivity index (χ1v) is 12.1. The molecule has 0 N–H and O–H groups in total. The van der Waals surface area contributed by atoms with Crippen LogP contribution in [0.2, 0.25) is 5.02 Å². The van der Waals surface area contributed by atoms with Gasteiger partial charge >= 0.3 is 0 Å². The number of rotatable bonds is 6. The smallest absolute Gasteiger partial charge is 0.298 e. The molecule has 2 saturated heterocycles. The van der Waals surface area contributed by atoms with E-state index in [0.717, 1.165) is 30.9 Å². The van der Waals surface area contributed by atoms with Crippen LogP contribution in [0.25, 0.3) is 11.3 Å². The molecule has 0 amide bonds. The number of halogens is 3. The lowest BCUT2D eigenvalue weighted by Gasteiger charge is -2.42. The molecule has 1 aromatic carbocycles. The van der Waals surface area contributed by atoms with Crippen LogP contribution in [0.1, 0.15) is 20.3 Å². The fourth-order valence-corrected chi connectivity index (χ4v) is 4.85. The highest BCUT2D eigenvalue weighted by molar-refractivity contribution is 6.33. The summed E-state index contributed by atoms with van der Waals surface area (Å²) in [6.45, 7) is 7.26. The fourth-order valence-electron chi connectivity index (χ4n) is 4.57. The molecule has 0 bridgehead atoms. The second-order valence-corrected chi connectivity index (χ2v) is 9.46. The molecule has 2 atom stereocenters. The van der Waals surface area contributed by atoms with Gasteiger partial charge in [0.05, 0.1) is 16.9 Å². The molecular weight excluding hydrogens is 490 g/mol. The average molecular weight is 515 g/mol. The number of carbonyl (C=O) groups is 1. The van der Waals surface area contributed by atoms with Crippen LogP contribution in [0.15, 0.2) is 36.5 Å². The van der Waals surface area contributed by atoms with Gasteiger partial charge in [0, 0.05) is 56.0 Å². The summed E-state index contributed by atoms with van der Waals surface area (Å²) in [5.74, 6) is 0.385. The van der Waals surface area contributed by atoms with Gasteiger partial charge < -0.3 is 19.4 Å². The van der Waals surface area contributed by atoms with Gasteiger partial charge in [0.15, 0.2) is 17.4 Å². The second kappa shape index (κ2) is 9.85. The molecule has 8 nitrogen and oxygen atoms in total. The van der Waals surface area contributed by atoms with E-state index < -0.39 is 11.6 Å². The van der Waals surface area contributed by atoms with Gasteiger partial charge in [0.25, 0.3) is 6.47 Å². The second-order valence-electron chi connectivity index (χ2n) is 9.05. The molecule has 3 aromatic rings. The van der Waals surface area contributed by atoms with Gasteiger partial charge in [-0.05, 0) is 38.5 Å². The van der Waals surface area contributed by atoms with Crippen LogP contribution in [0.3, 0.4) is 0 Å². The highest BCUT2D eigenvalue weighted by Gasteiger charge is 2.30. The standard InChI is InChI=1S/C25H25ClF2N6O2/c1-15-5-6-34(15)25-30-22(17-3-4-20(27)21(28)9-17)11-23(31-25)33-8-7-32(13-16(33)2)24-19(26)10-18(12-29-24)36-14-35/h3-4,9-12,14-16H,5-8,13H2,1-2H3/t15-,16-/m1/s1. The van der Waals surface area contributed by atoms with E-state index in [1.807, 2.05) is 6.07 Å². The van der Waals surface area contributed by atoms with Crippen molar-refractivity contribution in [3.8, 4) is 17.0 Å². The summed E-state index contributed by atoms with van der Waals surface area (Å²) < 4.78 is 32.4. The van der Waals surface area contributed by atoms with Crippen molar-refractivity contribution in [2.45, 2.75) is 32.4 Å². The van der Waals surface area contributed by atoms with E-state index in [1.54, 1.807) is 6.07 Å². The van der Waals surface area contributed by atoms with Gasteiger partial charge in [-0.15, -0.1) is 0 Å². The van der Waals surface area contributed by atoms with E-state index in [2.05, 4.69) is 38.5 Å². The van der Waals surface area contributed by atoms with E-state index in [-0.39, 0.29) is 11.8 Å².